The monoisotopic (exact) mass is 493 g/mol. The molecule has 0 aliphatic heterocycles. The Morgan fingerprint density at radius 3 is 1.84 bits per heavy atom. The van der Waals surface area contributed by atoms with Gasteiger partial charge in [0.1, 0.15) is 18.1 Å². The van der Waals surface area contributed by atoms with Crippen LogP contribution in [0.4, 0.5) is 0 Å². The van der Waals surface area contributed by atoms with Crippen molar-refractivity contribution < 1.29 is 24.3 Å². The Morgan fingerprint density at radius 2 is 1.38 bits per heavy atom. The number of aliphatic carboxylic acids is 1. The van der Waals surface area contributed by atoms with E-state index in [0.717, 1.165) is 0 Å². The molecule has 0 saturated carbocycles. The summed E-state index contributed by atoms with van der Waals surface area (Å²) < 4.78 is 0. The molecule has 3 amide bonds. The Bertz CT molecular complexity index is 647. The molecule has 3 atom stereocenters. The molecule has 0 aromatic carbocycles. The number of hydrogen-bond donors (Lipinski definition) is 7. The van der Waals surface area contributed by atoms with Crippen LogP contribution in [0.3, 0.4) is 0 Å². The minimum atomic E-state index is -1.16. The van der Waals surface area contributed by atoms with E-state index in [-0.39, 0.29) is 31.9 Å². The third-order valence-electron chi connectivity index (χ3n) is 4.25. The molecule has 0 bridgehead atoms. The lowest BCUT2D eigenvalue weighted by atomic mass is 10.1. The largest absolute Gasteiger partial charge is 0.480 e. The Hall–Kier alpha value is -2.19. The van der Waals surface area contributed by atoms with Crippen LogP contribution in [-0.4, -0.2) is 90.0 Å². The molecule has 0 radical (unpaired) electrons. The maximum atomic E-state index is 12.8. The fraction of sp³-hybridized carbons (Fsp3) is 0.722. The number of nitrogens with zero attached hydrogens (tertiary/aromatic N) is 1. The molecule has 32 heavy (non-hydrogen) atoms. The summed E-state index contributed by atoms with van der Waals surface area (Å²) in [7, 11) is 0. The number of carbonyl (C=O) groups is 4. The van der Waals surface area contributed by atoms with E-state index in [1.807, 2.05) is 12.5 Å². The van der Waals surface area contributed by atoms with Crippen molar-refractivity contribution >= 4 is 53.2 Å². The highest BCUT2D eigenvalue weighted by Crippen LogP contribution is 2.06. The van der Waals surface area contributed by atoms with E-state index in [0.29, 0.717) is 24.3 Å². The van der Waals surface area contributed by atoms with Crippen molar-refractivity contribution in [1.29, 1.82) is 0 Å². The van der Waals surface area contributed by atoms with Crippen molar-refractivity contribution in [2.24, 2.45) is 22.2 Å². The van der Waals surface area contributed by atoms with Crippen LogP contribution in [0.5, 0.6) is 0 Å². The minimum absolute atomic E-state index is 0.0975. The first-order valence-electron chi connectivity index (χ1n) is 10.0. The summed E-state index contributed by atoms with van der Waals surface area (Å²) in [6.45, 7) is -0.0438. The zero-order chi connectivity index (χ0) is 24.5. The maximum absolute atomic E-state index is 12.8. The van der Waals surface area contributed by atoms with E-state index in [1.54, 1.807) is 0 Å². The highest BCUT2D eigenvalue weighted by molar-refractivity contribution is 7.98. The van der Waals surface area contributed by atoms with Crippen molar-refractivity contribution in [2.75, 3.05) is 37.1 Å². The number of amides is 3. The number of nitrogens with two attached hydrogens (primary N) is 3. The molecule has 12 nitrogen and oxygen atoms in total. The molecule has 0 fully saturated rings. The molecule has 184 valence electrons. The van der Waals surface area contributed by atoms with E-state index in [2.05, 4.69) is 20.9 Å². The fourth-order valence-corrected chi connectivity index (χ4v) is 3.51. The quantitative estimate of drug-likeness (QED) is 0.0674. The van der Waals surface area contributed by atoms with Gasteiger partial charge in [0.2, 0.25) is 17.7 Å². The molecule has 0 heterocycles. The van der Waals surface area contributed by atoms with Crippen LogP contribution in [0.25, 0.3) is 0 Å². The number of guanidine groups is 1. The summed E-state index contributed by atoms with van der Waals surface area (Å²) in [5.74, 6) is -1.81. The van der Waals surface area contributed by atoms with Crippen LogP contribution in [0.1, 0.15) is 25.7 Å². The molecule has 0 aliphatic carbocycles. The van der Waals surface area contributed by atoms with Crippen molar-refractivity contribution in [1.82, 2.24) is 16.0 Å². The number of carbonyl (C=O) groups excluding carboxylic acids is 3. The van der Waals surface area contributed by atoms with Crippen LogP contribution in [-0.2, 0) is 19.2 Å². The van der Waals surface area contributed by atoms with Gasteiger partial charge in [0.15, 0.2) is 5.96 Å². The Kier molecular flexibility index (Phi) is 16.2. The second kappa shape index (κ2) is 17.4. The van der Waals surface area contributed by atoms with Gasteiger partial charge in [-0.15, -0.1) is 0 Å². The van der Waals surface area contributed by atoms with E-state index in [4.69, 9.17) is 17.2 Å². The van der Waals surface area contributed by atoms with Gasteiger partial charge in [-0.05, 0) is 49.7 Å². The fourth-order valence-electron chi connectivity index (χ4n) is 2.57. The summed E-state index contributed by atoms with van der Waals surface area (Å²) >= 11 is 2.96. The summed E-state index contributed by atoms with van der Waals surface area (Å²) in [5.41, 5.74) is 15.9. The van der Waals surface area contributed by atoms with E-state index >= 15 is 0 Å². The average Bonchev–Trinajstić information content (AvgIpc) is 2.74. The molecule has 0 aromatic heterocycles. The SMILES string of the molecule is CSCCC(NC(=O)C(CCCN=C(N)N)NC(=O)C(CCSC)NC(=O)CN)C(=O)O. The highest BCUT2D eigenvalue weighted by atomic mass is 32.2. The zero-order valence-electron chi connectivity index (χ0n) is 18.5. The van der Waals surface area contributed by atoms with Gasteiger partial charge >= 0.3 is 5.97 Å². The number of carboxylic acids is 1. The van der Waals surface area contributed by atoms with Crippen LogP contribution in [0, 0.1) is 0 Å². The summed E-state index contributed by atoms with van der Waals surface area (Å²) in [6.07, 6.45) is 4.80. The number of carboxylic acid groups (broad SMARTS) is 1. The van der Waals surface area contributed by atoms with Gasteiger partial charge in [0.05, 0.1) is 6.54 Å². The van der Waals surface area contributed by atoms with Gasteiger partial charge < -0.3 is 38.3 Å². The third kappa shape index (κ3) is 13.3. The molecular weight excluding hydrogens is 458 g/mol. The zero-order valence-corrected chi connectivity index (χ0v) is 20.1. The van der Waals surface area contributed by atoms with Crippen LogP contribution >= 0.6 is 23.5 Å². The van der Waals surface area contributed by atoms with Gasteiger partial charge in [-0.2, -0.15) is 23.5 Å². The van der Waals surface area contributed by atoms with Crippen LogP contribution in [0.15, 0.2) is 4.99 Å². The second-order valence-corrected chi connectivity index (χ2v) is 8.77. The first-order chi connectivity index (χ1) is 15.2. The Labute approximate surface area is 196 Å². The molecular formula is C18H35N7O5S2. The number of aliphatic imine (C=N–C) groups is 1. The first kappa shape index (κ1) is 29.8. The molecule has 0 saturated heterocycles. The van der Waals surface area contributed by atoms with Crippen molar-refractivity contribution in [3.05, 3.63) is 0 Å². The molecule has 0 aromatic rings. The number of rotatable bonds is 17. The van der Waals surface area contributed by atoms with Gasteiger partial charge in [-0.25, -0.2) is 4.79 Å². The lowest BCUT2D eigenvalue weighted by Crippen LogP contribution is -2.56. The molecule has 0 rings (SSSR count). The second-order valence-electron chi connectivity index (χ2n) is 6.80. The van der Waals surface area contributed by atoms with Gasteiger partial charge in [-0.1, -0.05) is 0 Å². The van der Waals surface area contributed by atoms with Crippen LogP contribution < -0.4 is 33.2 Å². The molecule has 3 unspecified atom stereocenters. The van der Waals surface area contributed by atoms with E-state index in [1.165, 1.54) is 23.5 Å². The van der Waals surface area contributed by atoms with Crippen LogP contribution in [0.2, 0.25) is 0 Å². The summed E-state index contributed by atoms with van der Waals surface area (Å²) in [4.78, 5) is 52.6. The number of nitrogens with one attached hydrogen (secondary N) is 3. The molecule has 0 spiro atoms. The molecule has 10 N–H and O–H groups in total. The maximum Gasteiger partial charge on any atom is 0.326 e. The Balaban J connectivity index is 5.38. The van der Waals surface area contributed by atoms with Gasteiger partial charge in [0.25, 0.3) is 0 Å². The minimum Gasteiger partial charge on any atom is -0.480 e. The average molecular weight is 494 g/mol. The molecule has 0 aliphatic rings. The van der Waals surface area contributed by atoms with Gasteiger partial charge in [-0.3, -0.25) is 19.4 Å². The first-order valence-corrected chi connectivity index (χ1v) is 12.8. The van der Waals surface area contributed by atoms with Gasteiger partial charge in [0, 0.05) is 6.54 Å². The summed E-state index contributed by atoms with van der Waals surface area (Å²) in [5, 5.41) is 17.0. The van der Waals surface area contributed by atoms with E-state index in [9.17, 15) is 24.3 Å². The van der Waals surface area contributed by atoms with Crippen molar-refractivity contribution in [3.8, 4) is 0 Å². The standard InChI is InChI=1S/C18H35N7O5S2/c1-31-8-5-12(23-14(26)10-19)16(28)24-11(4-3-7-22-18(20)21)15(27)25-13(17(29)30)6-9-32-2/h11-13H,3-10,19H2,1-2H3,(H,23,26)(H,24,28)(H,25,27)(H,29,30)(H4,20,21,22). The predicted molar refractivity (Wildman–Crippen MR) is 128 cm³/mol. The number of thioether (sulfide) groups is 2. The lowest BCUT2D eigenvalue weighted by Gasteiger charge is -2.24. The Morgan fingerprint density at radius 1 is 0.875 bits per heavy atom. The van der Waals surface area contributed by atoms with Crippen molar-refractivity contribution in [2.45, 2.75) is 43.8 Å². The van der Waals surface area contributed by atoms with Crippen molar-refractivity contribution in [3.63, 3.8) is 0 Å². The predicted octanol–water partition coefficient (Wildman–Crippen LogP) is -1.96. The third-order valence-corrected chi connectivity index (χ3v) is 5.54. The smallest absolute Gasteiger partial charge is 0.326 e. The lowest BCUT2D eigenvalue weighted by molar-refractivity contribution is -0.142. The topological polar surface area (TPSA) is 215 Å². The summed E-state index contributed by atoms with van der Waals surface area (Å²) in [6, 6.07) is -2.99. The normalized spacial score (nSPS) is 13.3. The highest BCUT2D eigenvalue weighted by Gasteiger charge is 2.29. The molecule has 14 heteroatoms. The van der Waals surface area contributed by atoms with E-state index < -0.39 is 41.8 Å². The number of hydrogen-bond acceptors (Lipinski definition) is 8.